The Morgan fingerprint density at radius 1 is 1.26 bits per heavy atom. The van der Waals surface area contributed by atoms with E-state index in [1.54, 1.807) is 11.9 Å². The zero-order chi connectivity index (χ0) is 16.8. The average molecular weight is 328 g/mol. The number of ether oxygens (including phenoxy) is 1. The van der Waals surface area contributed by atoms with Crippen LogP contribution in [0.4, 0.5) is 14.5 Å². The monoisotopic (exact) mass is 328 g/mol. The van der Waals surface area contributed by atoms with Crippen molar-refractivity contribution in [2.75, 3.05) is 51.8 Å². The third-order valence-corrected chi connectivity index (χ3v) is 3.48. The summed E-state index contributed by atoms with van der Waals surface area (Å²) in [7, 11) is 1.69. The quantitative estimate of drug-likeness (QED) is 0.750. The summed E-state index contributed by atoms with van der Waals surface area (Å²) in [4.78, 5) is 26.3. The molecule has 23 heavy (non-hydrogen) atoms. The van der Waals surface area contributed by atoms with E-state index in [4.69, 9.17) is 4.74 Å². The number of nitrogens with zero attached hydrogens (tertiary/aromatic N) is 1. The van der Waals surface area contributed by atoms with Gasteiger partial charge in [-0.2, -0.15) is 0 Å². The molecule has 1 fully saturated rings. The van der Waals surface area contributed by atoms with Crippen molar-refractivity contribution in [1.29, 1.82) is 0 Å². The largest absolute Gasteiger partial charge is 0.378 e. The number of nitrogens with one attached hydrogen (secondary N) is 2. The lowest BCUT2D eigenvalue weighted by Gasteiger charge is -2.27. The predicted octanol–water partition coefficient (Wildman–Crippen LogP) is -0.723. The van der Waals surface area contributed by atoms with Gasteiger partial charge in [0.2, 0.25) is 0 Å². The van der Waals surface area contributed by atoms with Crippen LogP contribution in [0.15, 0.2) is 18.2 Å². The SMILES string of the molecule is C[NH+](CC(=O)Nc1cc(F)ccc1F)CC(=O)N1CCOCC1. The lowest BCUT2D eigenvalue weighted by molar-refractivity contribution is -0.862. The molecular formula is C15H20F2N3O3+. The Hall–Kier alpha value is -2.06. The van der Waals surface area contributed by atoms with Crippen LogP contribution in [0.2, 0.25) is 0 Å². The zero-order valence-corrected chi connectivity index (χ0v) is 12.9. The fourth-order valence-corrected chi connectivity index (χ4v) is 2.31. The van der Waals surface area contributed by atoms with E-state index in [1.807, 2.05) is 0 Å². The maximum absolute atomic E-state index is 13.5. The molecule has 1 aliphatic heterocycles. The minimum absolute atomic E-state index is 0.0218. The third-order valence-electron chi connectivity index (χ3n) is 3.48. The van der Waals surface area contributed by atoms with E-state index in [9.17, 15) is 18.4 Å². The average Bonchev–Trinajstić information content (AvgIpc) is 2.51. The van der Waals surface area contributed by atoms with E-state index in [0.29, 0.717) is 31.2 Å². The van der Waals surface area contributed by atoms with Crippen LogP contribution in [-0.2, 0) is 14.3 Å². The van der Waals surface area contributed by atoms with E-state index < -0.39 is 17.5 Å². The first-order chi connectivity index (χ1) is 11.0. The molecule has 126 valence electrons. The van der Waals surface area contributed by atoms with E-state index in [2.05, 4.69) is 5.32 Å². The van der Waals surface area contributed by atoms with Crippen LogP contribution in [0.1, 0.15) is 0 Å². The van der Waals surface area contributed by atoms with Crippen LogP contribution >= 0.6 is 0 Å². The lowest BCUT2D eigenvalue weighted by Crippen LogP contribution is -3.11. The summed E-state index contributed by atoms with van der Waals surface area (Å²) < 4.78 is 31.7. The number of rotatable bonds is 5. The smallest absolute Gasteiger partial charge is 0.279 e. The van der Waals surface area contributed by atoms with Crippen molar-refractivity contribution in [3.8, 4) is 0 Å². The van der Waals surface area contributed by atoms with Crippen molar-refractivity contribution in [1.82, 2.24) is 4.90 Å². The van der Waals surface area contributed by atoms with Gasteiger partial charge in [0.05, 0.1) is 25.9 Å². The van der Waals surface area contributed by atoms with Gasteiger partial charge in [0.1, 0.15) is 11.6 Å². The van der Waals surface area contributed by atoms with E-state index in [-0.39, 0.29) is 24.7 Å². The lowest BCUT2D eigenvalue weighted by atomic mass is 10.3. The second kappa shape index (κ2) is 7.98. The third kappa shape index (κ3) is 5.26. The van der Waals surface area contributed by atoms with Gasteiger partial charge < -0.3 is 19.9 Å². The molecule has 1 atom stereocenters. The van der Waals surface area contributed by atoms with Gasteiger partial charge in [-0.1, -0.05) is 0 Å². The number of carbonyl (C=O) groups is 2. The van der Waals surface area contributed by atoms with Gasteiger partial charge in [-0.15, -0.1) is 0 Å². The summed E-state index contributed by atoms with van der Waals surface area (Å²) in [5.74, 6) is -1.89. The highest BCUT2D eigenvalue weighted by atomic mass is 19.1. The molecule has 0 saturated carbocycles. The molecule has 1 heterocycles. The highest BCUT2D eigenvalue weighted by Crippen LogP contribution is 2.14. The summed E-state index contributed by atoms with van der Waals surface area (Å²) in [5, 5.41) is 2.32. The van der Waals surface area contributed by atoms with Crippen LogP contribution in [0.5, 0.6) is 0 Å². The second-order valence-corrected chi connectivity index (χ2v) is 5.48. The van der Waals surface area contributed by atoms with Crippen molar-refractivity contribution in [3.05, 3.63) is 29.8 Å². The topological polar surface area (TPSA) is 63.1 Å². The van der Waals surface area contributed by atoms with Gasteiger partial charge >= 0.3 is 0 Å². The van der Waals surface area contributed by atoms with Crippen molar-refractivity contribution in [3.63, 3.8) is 0 Å². The molecule has 0 radical (unpaired) electrons. The molecule has 0 spiro atoms. The normalized spacial score (nSPS) is 16.0. The number of likely N-dealkylation sites (N-methyl/N-ethyl adjacent to an activating group) is 1. The first kappa shape index (κ1) is 17.3. The summed E-state index contributed by atoms with van der Waals surface area (Å²) in [6, 6.07) is 2.84. The Labute approximate surface area is 133 Å². The number of benzene rings is 1. The molecule has 2 amide bonds. The maximum Gasteiger partial charge on any atom is 0.279 e. The Kier molecular flexibility index (Phi) is 6.00. The Morgan fingerprint density at radius 2 is 1.96 bits per heavy atom. The number of hydrogen-bond donors (Lipinski definition) is 2. The van der Waals surface area contributed by atoms with Crippen LogP contribution in [0.25, 0.3) is 0 Å². The van der Waals surface area contributed by atoms with E-state index in [0.717, 1.165) is 18.2 Å². The molecule has 1 saturated heterocycles. The Bertz CT molecular complexity index is 577. The van der Waals surface area contributed by atoms with Gasteiger partial charge in [-0.05, 0) is 12.1 Å². The molecule has 1 aromatic carbocycles. The molecule has 2 N–H and O–H groups in total. The summed E-state index contributed by atoms with van der Waals surface area (Å²) in [6.45, 7) is 2.26. The van der Waals surface area contributed by atoms with E-state index >= 15 is 0 Å². The standard InChI is InChI=1S/C15H19F2N3O3/c1-19(10-15(22)20-4-6-23-7-5-20)9-14(21)18-13-8-11(16)2-3-12(13)17/h2-3,8H,4-7,9-10H2,1H3,(H,18,21)/p+1. The molecule has 1 aromatic rings. The number of halogens is 2. The summed E-state index contributed by atoms with van der Waals surface area (Å²) >= 11 is 0. The number of anilines is 1. The minimum Gasteiger partial charge on any atom is -0.378 e. The highest BCUT2D eigenvalue weighted by Gasteiger charge is 2.21. The van der Waals surface area contributed by atoms with Crippen LogP contribution in [-0.4, -0.2) is 63.2 Å². The first-order valence-electron chi connectivity index (χ1n) is 7.37. The van der Waals surface area contributed by atoms with Gasteiger partial charge in [-0.3, -0.25) is 9.59 Å². The summed E-state index contributed by atoms with van der Waals surface area (Å²) in [5.41, 5.74) is -0.206. The fourth-order valence-electron chi connectivity index (χ4n) is 2.31. The number of morpholine rings is 1. The molecule has 2 rings (SSSR count). The Balaban J connectivity index is 1.82. The van der Waals surface area contributed by atoms with Gasteiger partial charge in [-0.25, -0.2) is 8.78 Å². The van der Waals surface area contributed by atoms with Crippen LogP contribution in [0, 0.1) is 11.6 Å². The van der Waals surface area contributed by atoms with Crippen LogP contribution < -0.4 is 10.2 Å². The number of carbonyl (C=O) groups excluding carboxylic acids is 2. The number of hydrogen-bond acceptors (Lipinski definition) is 3. The second-order valence-electron chi connectivity index (χ2n) is 5.48. The maximum atomic E-state index is 13.5. The molecule has 6 nitrogen and oxygen atoms in total. The number of quaternary nitrogens is 1. The Morgan fingerprint density at radius 3 is 2.65 bits per heavy atom. The molecule has 0 aromatic heterocycles. The van der Waals surface area contributed by atoms with E-state index in [1.165, 1.54) is 0 Å². The number of amides is 2. The van der Waals surface area contributed by atoms with Gasteiger partial charge in [0.15, 0.2) is 13.1 Å². The predicted molar refractivity (Wildman–Crippen MR) is 79.0 cm³/mol. The van der Waals surface area contributed by atoms with Gasteiger partial charge in [0.25, 0.3) is 11.8 Å². The van der Waals surface area contributed by atoms with Gasteiger partial charge in [0, 0.05) is 19.2 Å². The molecule has 1 aliphatic rings. The molecule has 0 bridgehead atoms. The molecular weight excluding hydrogens is 308 g/mol. The zero-order valence-electron chi connectivity index (χ0n) is 12.9. The minimum atomic E-state index is -0.707. The highest BCUT2D eigenvalue weighted by molar-refractivity contribution is 5.91. The fraction of sp³-hybridized carbons (Fsp3) is 0.467. The van der Waals surface area contributed by atoms with Crippen molar-refractivity contribution in [2.24, 2.45) is 0 Å². The molecule has 8 heteroatoms. The van der Waals surface area contributed by atoms with Crippen molar-refractivity contribution >= 4 is 17.5 Å². The summed E-state index contributed by atoms with van der Waals surface area (Å²) in [6.07, 6.45) is 0. The molecule has 1 unspecified atom stereocenters. The van der Waals surface area contributed by atoms with Crippen molar-refractivity contribution < 1.29 is 28.0 Å². The van der Waals surface area contributed by atoms with Crippen LogP contribution in [0.3, 0.4) is 0 Å². The van der Waals surface area contributed by atoms with Crippen molar-refractivity contribution in [2.45, 2.75) is 0 Å². The first-order valence-corrected chi connectivity index (χ1v) is 7.37. The molecule has 0 aliphatic carbocycles.